The summed E-state index contributed by atoms with van der Waals surface area (Å²) in [5.41, 5.74) is 0.216. The summed E-state index contributed by atoms with van der Waals surface area (Å²) in [7, 11) is 0. The van der Waals surface area contributed by atoms with Crippen molar-refractivity contribution >= 4 is 11.6 Å². The van der Waals surface area contributed by atoms with Crippen LogP contribution in [0.25, 0.3) is 0 Å². The highest BCUT2D eigenvalue weighted by molar-refractivity contribution is 5.93. The summed E-state index contributed by atoms with van der Waals surface area (Å²) < 4.78 is 41.5. The summed E-state index contributed by atoms with van der Waals surface area (Å²) in [5, 5.41) is 5.71. The Labute approximate surface area is 114 Å². The zero-order chi connectivity index (χ0) is 14.7. The van der Waals surface area contributed by atoms with Crippen LogP contribution < -0.4 is 15.4 Å². The van der Waals surface area contributed by atoms with E-state index in [1.54, 1.807) is 0 Å². The fourth-order valence-corrected chi connectivity index (χ4v) is 2.22. The molecule has 1 saturated heterocycles. The Kier molecular flexibility index (Phi) is 4.49. The molecule has 1 aromatic carbocycles. The van der Waals surface area contributed by atoms with Crippen molar-refractivity contribution < 1.29 is 22.7 Å². The average molecular weight is 288 g/mol. The Morgan fingerprint density at radius 1 is 1.50 bits per heavy atom. The van der Waals surface area contributed by atoms with Gasteiger partial charge in [-0.3, -0.25) is 4.79 Å². The summed E-state index contributed by atoms with van der Waals surface area (Å²) in [6.45, 7) is -0.429. The Hall–Kier alpha value is -1.76. The summed E-state index contributed by atoms with van der Waals surface area (Å²) in [6.07, 6.45) is 0.710. The molecule has 1 heterocycles. The number of ether oxygens (including phenoxy) is 1. The van der Waals surface area contributed by atoms with Crippen molar-refractivity contribution in [3.63, 3.8) is 0 Å². The van der Waals surface area contributed by atoms with Crippen LogP contribution in [0.5, 0.6) is 5.75 Å². The van der Waals surface area contributed by atoms with Crippen LogP contribution in [-0.2, 0) is 4.79 Å². The van der Waals surface area contributed by atoms with E-state index < -0.39 is 18.2 Å². The topological polar surface area (TPSA) is 50.4 Å². The lowest BCUT2D eigenvalue weighted by atomic mass is 10.0. The molecule has 1 amide bonds. The van der Waals surface area contributed by atoms with Crippen LogP contribution >= 0.6 is 0 Å². The molecule has 0 spiro atoms. The fraction of sp³-hybridized carbons (Fsp3) is 0.462. The van der Waals surface area contributed by atoms with Crippen molar-refractivity contribution in [3.8, 4) is 5.75 Å². The Bertz CT molecular complexity index is 497. The first-order valence-electron chi connectivity index (χ1n) is 6.26. The molecule has 7 heteroatoms. The van der Waals surface area contributed by atoms with Crippen LogP contribution in [0.1, 0.15) is 13.3 Å². The Morgan fingerprint density at radius 2 is 2.25 bits per heavy atom. The van der Waals surface area contributed by atoms with Gasteiger partial charge in [-0.15, -0.1) is 0 Å². The predicted octanol–water partition coefficient (Wildman–Crippen LogP) is 2.36. The van der Waals surface area contributed by atoms with E-state index in [-0.39, 0.29) is 23.6 Å². The van der Waals surface area contributed by atoms with Crippen molar-refractivity contribution in [2.24, 2.45) is 5.92 Å². The van der Waals surface area contributed by atoms with E-state index in [0.717, 1.165) is 18.7 Å². The maximum atomic E-state index is 13.5. The number of hydrogen-bond acceptors (Lipinski definition) is 3. The lowest BCUT2D eigenvalue weighted by Crippen LogP contribution is -2.32. The minimum absolute atomic E-state index is 0.0567. The number of halogens is 3. The van der Waals surface area contributed by atoms with E-state index in [9.17, 15) is 18.0 Å². The third-order valence-corrected chi connectivity index (χ3v) is 3.28. The summed E-state index contributed by atoms with van der Waals surface area (Å²) >= 11 is 0. The van der Waals surface area contributed by atoms with Crippen LogP contribution in [0.2, 0.25) is 0 Å². The maximum Gasteiger partial charge on any atom is 0.387 e. The van der Waals surface area contributed by atoms with Gasteiger partial charge in [-0.1, -0.05) is 0 Å². The number of amides is 1. The van der Waals surface area contributed by atoms with E-state index in [1.165, 1.54) is 6.07 Å². The molecule has 2 rings (SSSR count). The average Bonchev–Trinajstić information content (AvgIpc) is 2.78. The molecule has 20 heavy (non-hydrogen) atoms. The predicted molar refractivity (Wildman–Crippen MR) is 67.2 cm³/mol. The van der Waals surface area contributed by atoms with Crippen molar-refractivity contribution in [2.45, 2.75) is 26.0 Å². The number of benzene rings is 1. The normalized spacial score (nSPS) is 22.1. The highest BCUT2D eigenvalue weighted by Gasteiger charge is 2.29. The molecule has 2 atom stereocenters. The molecule has 110 valence electrons. The first-order valence-corrected chi connectivity index (χ1v) is 6.26. The monoisotopic (exact) mass is 288 g/mol. The van der Waals surface area contributed by atoms with Crippen LogP contribution in [0, 0.1) is 11.7 Å². The van der Waals surface area contributed by atoms with Crippen LogP contribution in [-0.4, -0.2) is 25.1 Å². The molecule has 0 radical (unpaired) electrons. The summed E-state index contributed by atoms with van der Waals surface area (Å²) in [6, 6.07) is 3.41. The SMILES string of the molecule is CC1NCCC1C(=O)Nc1ccc(OC(F)F)c(F)c1. The molecule has 0 saturated carbocycles. The number of carbonyl (C=O) groups is 1. The van der Waals surface area contributed by atoms with Gasteiger partial charge in [0, 0.05) is 17.8 Å². The van der Waals surface area contributed by atoms with Gasteiger partial charge in [0.15, 0.2) is 11.6 Å². The largest absolute Gasteiger partial charge is 0.432 e. The lowest BCUT2D eigenvalue weighted by Gasteiger charge is -2.15. The summed E-state index contributed by atoms with van der Waals surface area (Å²) in [5.74, 6) is -1.89. The van der Waals surface area contributed by atoms with Gasteiger partial charge >= 0.3 is 6.61 Å². The molecule has 1 aliphatic heterocycles. The van der Waals surface area contributed by atoms with Gasteiger partial charge in [0.1, 0.15) is 0 Å². The van der Waals surface area contributed by atoms with E-state index in [2.05, 4.69) is 15.4 Å². The molecule has 2 N–H and O–H groups in total. The number of alkyl halides is 2. The second-order valence-corrected chi connectivity index (χ2v) is 4.65. The van der Waals surface area contributed by atoms with Gasteiger partial charge < -0.3 is 15.4 Å². The van der Waals surface area contributed by atoms with E-state index in [1.807, 2.05) is 6.92 Å². The number of anilines is 1. The molecule has 2 unspecified atom stereocenters. The molecule has 0 aromatic heterocycles. The lowest BCUT2D eigenvalue weighted by molar-refractivity contribution is -0.120. The molecule has 1 aliphatic rings. The molecule has 1 fully saturated rings. The van der Waals surface area contributed by atoms with Gasteiger partial charge in [-0.2, -0.15) is 8.78 Å². The van der Waals surface area contributed by atoms with Crippen LogP contribution in [0.4, 0.5) is 18.9 Å². The zero-order valence-electron chi connectivity index (χ0n) is 10.8. The molecule has 0 bridgehead atoms. The van der Waals surface area contributed by atoms with Crippen LogP contribution in [0.15, 0.2) is 18.2 Å². The minimum Gasteiger partial charge on any atom is -0.432 e. The minimum atomic E-state index is -3.09. The fourth-order valence-electron chi connectivity index (χ4n) is 2.22. The Morgan fingerprint density at radius 3 is 2.80 bits per heavy atom. The van der Waals surface area contributed by atoms with E-state index in [0.29, 0.717) is 6.42 Å². The standard InChI is InChI=1S/C13H15F3N2O2/c1-7-9(4-5-17-7)12(19)18-8-2-3-11(10(14)6-8)20-13(15)16/h2-3,6-7,9,13,17H,4-5H2,1H3,(H,18,19). The number of rotatable bonds is 4. The second-order valence-electron chi connectivity index (χ2n) is 4.65. The maximum absolute atomic E-state index is 13.5. The van der Waals surface area contributed by atoms with Crippen molar-refractivity contribution in [2.75, 3.05) is 11.9 Å². The zero-order valence-corrected chi connectivity index (χ0v) is 10.8. The van der Waals surface area contributed by atoms with Gasteiger partial charge in [0.05, 0.1) is 5.92 Å². The molecule has 0 aliphatic carbocycles. The number of carbonyl (C=O) groups excluding carboxylic acids is 1. The van der Waals surface area contributed by atoms with E-state index in [4.69, 9.17) is 0 Å². The molecular weight excluding hydrogens is 273 g/mol. The number of hydrogen-bond donors (Lipinski definition) is 2. The highest BCUT2D eigenvalue weighted by Crippen LogP contribution is 2.24. The molecule has 1 aromatic rings. The van der Waals surface area contributed by atoms with Gasteiger partial charge in [-0.05, 0) is 32.0 Å². The van der Waals surface area contributed by atoms with Gasteiger partial charge in [0.25, 0.3) is 0 Å². The second kappa shape index (κ2) is 6.13. The number of nitrogens with one attached hydrogen (secondary N) is 2. The molecule has 4 nitrogen and oxygen atoms in total. The quantitative estimate of drug-likeness (QED) is 0.894. The van der Waals surface area contributed by atoms with Crippen molar-refractivity contribution in [1.82, 2.24) is 5.32 Å². The smallest absolute Gasteiger partial charge is 0.387 e. The van der Waals surface area contributed by atoms with Crippen molar-refractivity contribution in [3.05, 3.63) is 24.0 Å². The Balaban J connectivity index is 2.03. The third-order valence-electron chi connectivity index (χ3n) is 3.28. The van der Waals surface area contributed by atoms with E-state index >= 15 is 0 Å². The summed E-state index contributed by atoms with van der Waals surface area (Å²) in [4.78, 5) is 12.0. The molecular formula is C13H15F3N2O2. The van der Waals surface area contributed by atoms with Crippen molar-refractivity contribution in [1.29, 1.82) is 0 Å². The third kappa shape index (κ3) is 3.41. The van der Waals surface area contributed by atoms with Crippen LogP contribution in [0.3, 0.4) is 0 Å². The highest BCUT2D eigenvalue weighted by atomic mass is 19.3. The van der Waals surface area contributed by atoms with Gasteiger partial charge in [-0.25, -0.2) is 4.39 Å². The first-order chi connectivity index (χ1) is 9.47. The van der Waals surface area contributed by atoms with Gasteiger partial charge in [0.2, 0.25) is 5.91 Å². The first kappa shape index (κ1) is 14.6.